The van der Waals surface area contributed by atoms with E-state index in [1.165, 1.54) is 0 Å². The highest BCUT2D eigenvalue weighted by Gasteiger charge is 2.86. The van der Waals surface area contributed by atoms with E-state index in [1.807, 2.05) is 0 Å². The quantitative estimate of drug-likeness (QED) is 0.513. The fourth-order valence-electron chi connectivity index (χ4n) is 1.28. The number of hydrogen-bond donors (Lipinski definition) is 0. The predicted octanol–water partition coefficient (Wildman–Crippen LogP) is 3.79. The maximum absolute atomic E-state index is 13.7. The normalized spacial score (nSPS) is 17.0. The van der Waals surface area contributed by atoms with Gasteiger partial charge in [-0.05, 0) is 13.5 Å². The van der Waals surface area contributed by atoms with E-state index < -0.39 is 38.0 Å². The molecule has 0 spiro atoms. The fourth-order valence-corrected chi connectivity index (χ4v) is 2.69. The second kappa shape index (κ2) is 5.61. The predicted molar refractivity (Wildman–Crippen MR) is 56.0 cm³/mol. The van der Waals surface area contributed by atoms with E-state index >= 15 is 0 Å². The Balaban J connectivity index is 6.08. The van der Waals surface area contributed by atoms with Crippen LogP contribution in [-0.4, -0.2) is 52.3 Å². The summed E-state index contributed by atoms with van der Waals surface area (Å²) in [5.41, 5.74) is -5.76. The van der Waals surface area contributed by atoms with Crippen molar-refractivity contribution < 1.29 is 48.4 Å². The third-order valence-corrected chi connectivity index (χ3v) is 6.07. The highest BCUT2D eigenvalue weighted by atomic mass is 28.4. The molecule has 0 aromatic heterocycles. The van der Waals surface area contributed by atoms with Gasteiger partial charge in [-0.25, -0.2) is 4.39 Å². The minimum Gasteiger partial charge on any atom is -0.394 e. The summed E-state index contributed by atoms with van der Waals surface area (Å²) in [6.07, 6.45) is -3.79. The van der Waals surface area contributed by atoms with E-state index in [0.717, 1.165) is 0 Å². The summed E-state index contributed by atoms with van der Waals surface area (Å²) in [6.45, 7) is 0.138. The number of alkyl halides is 9. The first-order valence-corrected chi connectivity index (χ1v) is 7.64. The average Bonchev–Trinajstić information content (AvgIpc) is 2.36. The molecule has 0 heterocycles. The molecule has 0 saturated heterocycles. The lowest BCUT2D eigenvalue weighted by atomic mass is 10.0. The Bertz CT molecular complexity index is 349. The van der Waals surface area contributed by atoms with Crippen LogP contribution in [0.15, 0.2) is 0 Å². The molecule has 1 unspecified atom stereocenters. The summed E-state index contributed by atoms with van der Waals surface area (Å²) in [5, 5.41) is 0. The van der Waals surface area contributed by atoms with Crippen LogP contribution in [0.5, 0.6) is 0 Å². The molecule has 1 atom stereocenters. The molecule has 0 aromatic rings. The summed E-state index contributed by atoms with van der Waals surface area (Å²) >= 11 is 0. The first kappa shape index (κ1) is 20.5. The molecule has 0 saturated carbocycles. The van der Waals surface area contributed by atoms with Crippen molar-refractivity contribution in [3.05, 3.63) is 0 Å². The van der Waals surface area contributed by atoms with Gasteiger partial charge in [0.15, 0.2) is 6.17 Å². The molecule has 128 valence electrons. The van der Waals surface area contributed by atoms with Crippen LogP contribution < -0.4 is 0 Å². The van der Waals surface area contributed by atoms with E-state index in [0.29, 0.717) is 14.2 Å². The van der Waals surface area contributed by atoms with Crippen molar-refractivity contribution in [2.45, 2.75) is 43.0 Å². The molecular weight excluding hydrogens is 339 g/mol. The third kappa shape index (κ3) is 2.65. The zero-order valence-corrected chi connectivity index (χ0v) is 12.3. The Kier molecular flexibility index (Phi) is 5.48. The van der Waals surface area contributed by atoms with Crippen molar-refractivity contribution in [2.75, 3.05) is 14.2 Å². The first-order chi connectivity index (χ1) is 9.06. The van der Waals surface area contributed by atoms with Crippen LogP contribution in [0.2, 0.25) is 6.55 Å². The van der Waals surface area contributed by atoms with E-state index in [1.54, 1.807) is 0 Å². The minimum atomic E-state index is -6.66. The SMILES string of the molecule is CO[Si](C)(OC)C(F)(F)C(F)(F)C(F)(F)C(F)(F)C(C)F. The molecule has 21 heavy (non-hydrogen) atoms. The van der Waals surface area contributed by atoms with Crippen LogP contribution in [0.3, 0.4) is 0 Å². The molecule has 0 amide bonds. The van der Waals surface area contributed by atoms with E-state index in [2.05, 4.69) is 8.85 Å². The molecule has 0 aromatic carbocycles. The van der Waals surface area contributed by atoms with Crippen molar-refractivity contribution in [1.82, 2.24) is 0 Å². The summed E-state index contributed by atoms with van der Waals surface area (Å²) in [7, 11) is -4.34. The van der Waals surface area contributed by atoms with Gasteiger partial charge in [0.1, 0.15) is 0 Å². The molecular formula is C9H13F9O2Si. The lowest BCUT2D eigenvalue weighted by molar-refractivity contribution is -0.363. The highest BCUT2D eigenvalue weighted by Crippen LogP contribution is 2.56. The molecule has 12 heteroatoms. The van der Waals surface area contributed by atoms with Crippen LogP contribution in [0.4, 0.5) is 39.5 Å². The van der Waals surface area contributed by atoms with E-state index in [-0.39, 0.29) is 13.5 Å². The van der Waals surface area contributed by atoms with Crippen LogP contribution in [-0.2, 0) is 8.85 Å². The van der Waals surface area contributed by atoms with Crippen molar-refractivity contribution in [1.29, 1.82) is 0 Å². The van der Waals surface area contributed by atoms with Gasteiger partial charge in [0, 0.05) is 14.2 Å². The number of rotatable bonds is 7. The van der Waals surface area contributed by atoms with Gasteiger partial charge in [0.2, 0.25) is 0 Å². The molecule has 0 aliphatic rings. The molecule has 0 radical (unpaired) electrons. The molecule has 2 nitrogen and oxygen atoms in total. The van der Waals surface area contributed by atoms with Crippen molar-refractivity contribution in [3.8, 4) is 0 Å². The first-order valence-electron chi connectivity index (χ1n) is 5.32. The zero-order valence-electron chi connectivity index (χ0n) is 11.3. The molecule has 0 N–H and O–H groups in total. The van der Waals surface area contributed by atoms with Crippen LogP contribution in [0, 0.1) is 0 Å². The maximum atomic E-state index is 13.7. The minimum absolute atomic E-state index is 0.147. The number of halogens is 9. The van der Waals surface area contributed by atoms with Gasteiger partial charge in [-0.1, -0.05) is 0 Å². The molecule has 0 fully saturated rings. The molecule has 0 aliphatic carbocycles. The van der Waals surface area contributed by atoms with Gasteiger partial charge >= 0.3 is 31.9 Å². The van der Waals surface area contributed by atoms with Gasteiger partial charge in [0.25, 0.3) is 0 Å². The van der Waals surface area contributed by atoms with Gasteiger partial charge in [-0.15, -0.1) is 0 Å². The van der Waals surface area contributed by atoms with Gasteiger partial charge in [-0.2, -0.15) is 35.1 Å². The Morgan fingerprint density at radius 1 is 0.810 bits per heavy atom. The Morgan fingerprint density at radius 2 is 1.14 bits per heavy atom. The van der Waals surface area contributed by atoms with Crippen molar-refractivity contribution in [2.24, 2.45) is 0 Å². The lowest BCUT2D eigenvalue weighted by Gasteiger charge is -2.41. The zero-order chi connectivity index (χ0) is 17.5. The summed E-state index contributed by atoms with van der Waals surface area (Å²) in [4.78, 5) is 0. The Morgan fingerprint density at radius 3 is 1.38 bits per heavy atom. The standard InChI is InChI=1S/C9H13F9O2Si/c1-5(10)6(11,12)7(13,14)8(15,16)9(17,18)21(4,19-2)20-3/h5H,1-4H3. The van der Waals surface area contributed by atoms with Gasteiger partial charge < -0.3 is 8.85 Å². The molecule has 0 aliphatic heterocycles. The number of hydrogen-bond acceptors (Lipinski definition) is 2. The fraction of sp³-hybridized carbons (Fsp3) is 1.00. The largest absolute Gasteiger partial charge is 0.418 e. The van der Waals surface area contributed by atoms with Crippen molar-refractivity contribution in [3.63, 3.8) is 0 Å². The van der Waals surface area contributed by atoms with Gasteiger partial charge in [0.05, 0.1) is 0 Å². The topological polar surface area (TPSA) is 18.5 Å². The second-order valence-corrected chi connectivity index (χ2v) is 7.65. The smallest absolute Gasteiger partial charge is 0.394 e. The average molecular weight is 352 g/mol. The maximum Gasteiger partial charge on any atom is 0.418 e. The Hall–Kier alpha value is -0.493. The molecule has 0 rings (SSSR count). The molecule has 0 bridgehead atoms. The second-order valence-electron chi connectivity index (χ2n) is 4.32. The summed E-state index contributed by atoms with van der Waals surface area (Å²) in [6, 6.07) is 0. The highest BCUT2D eigenvalue weighted by molar-refractivity contribution is 6.68. The monoisotopic (exact) mass is 352 g/mol. The van der Waals surface area contributed by atoms with Gasteiger partial charge in [-0.3, -0.25) is 0 Å². The van der Waals surface area contributed by atoms with Crippen LogP contribution in [0.1, 0.15) is 6.92 Å². The van der Waals surface area contributed by atoms with E-state index in [9.17, 15) is 39.5 Å². The van der Waals surface area contributed by atoms with Crippen molar-refractivity contribution >= 4 is 8.56 Å². The summed E-state index contributed by atoms with van der Waals surface area (Å²) < 4.78 is 127. The Labute approximate surface area is 115 Å². The lowest BCUT2D eigenvalue weighted by Crippen LogP contribution is -2.72. The van der Waals surface area contributed by atoms with Crippen LogP contribution >= 0.6 is 0 Å². The summed E-state index contributed by atoms with van der Waals surface area (Å²) in [5.74, 6) is -19.3. The van der Waals surface area contributed by atoms with Crippen LogP contribution in [0.25, 0.3) is 0 Å². The third-order valence-electron chi connectivity index (χ3n) is 3.06. The van der Waals surface area contributed by atoms with E-state index in [4.69, 9.17) is 0 Å².